The van der Waals surface area contributed by atoms with Gasteiger partial charge in [0.05, 0.1) is 0 Å². The number of hydrogen-bond acceptors (Lipinski definition) is 4. The first-order chi connectivity index (χ1) is 13.3. The molecule has 0 aliphatic carbocycles. The Hall–Kier alpha value is -2.58. The molecule has 8 heteroatoms. The molecule has 0 atom stereocenters. The minimum absolute atomic E-state index is 0.0210. The van der Waals surface area contributed by atoms with E-state index in [9.17, 15) is 14.0 Å². The van der Waals surface area contributed by atoms with E-state index in [-0.39, 0.29) is 23.1 Å². The summed E-state index contributed by atoms with van der Waals surface area (Å²) in [5.41, 5.74) is 1.18. The fourth-order valence-corrected chi connectivity index (χ4v) is 3.23. The average Bonchev–Trinajstić information content (AvgIpc) is 2.67. The molecular weight excluding hydrogens is 447 g/mol. The van der Waals surface area contributed by atoms with Crippen LogP contribution >= 0.6 is 28.1 Å². The van der Waals surface area contributed by atoms with Crippen molar-refractivity contribution < 1.29 is 18.7 Å². The van der Waals surface area contributed by atoms with E-state index in [1.807, 2.05) is 0 Å². The molecule has 144 valence electrons. The largest absolute Gasteiger partial charge is 0.488 e. The molecule has 0 bridgehead atoms. The molecule has 0 N–H and O–H groups in total. The molecule has 3 rings (SSSR count). The summed E-state index contributed by atoms with van der Waals surface area (Å²) in [7, 11) is 3.04. The summed E-state index contributed by atoms with van der Waals surface area (Å²) in [5, 5.41) is 0.143. The van der Waals surface area contributed by atoms with E-state index in [0.29, 0.717) is 16.9 Å². The molecule has 2 aromatic rings. The van der Waals surface area contributed by atoms with Crippen molar-refractivity contribution >= 4 is 51.2 Å². The van der Waals surface area contributed by atoms with Gasteiger partial charge >= 0.3 is 0 Å². The molecule has 2 aromatic carbocycles. The van der Waals surface area contributed by atoms with Gasteiger partial charge in [-0.05, 0) is 54.2 Å². The lowest BCUT2D eigenvalue weighted by Gasteiger charge is -2.31. The Morgan fingerprint density at radius 2 is 1.79 bits per heavy atom. The van der Waals surface area contributed by atoms with E-state index >= 15 is 0 Å². The van der Waals surface area contributed by atoms with Crippen LogP contribution in [-0.4, -0.2) is 40.8 Å². The molecule has 0 saturated carbocycles. The normalized spacial score (nSPS) is 14.6. The predicted octanol–water partition coefficient (Wildman–Crippen LogP) is 3.77. The van der Waals surface area contributed by atoms with Gasteiger partial charge in [0, 0.05) is 24.1 Å². The van der Waals surface area contributed by atoms with Crippen molar-refractivity contribution in [3.05, 3.63) is 69.5 Å². The van der Waals surface area contributed by atoms with Crippen LogP contribution in [0.25, 0.3) is 6.08 Å². The summed E-state index contributed by atoms with van der Waals surface area (Å²) < 4.78 is 19.9. The molecule has 1 aliphatic heterocycles. The van der Waals surface area contributed by atoms with Crippen LogP contribution in [0, 0.1) is 5.82 Å². The number of benzene rings is 2. The molecule has 5 nitrogen and oxygen atoms in total. The summed E-state index contributed by atoms with van der Waals surface area (Å²) in [5.74, 6) is -0.855. The second-order valence-corrected chi connectivity index (χ2v) is 7.45. The fraction of sp³-hybridized carbons (Fsp3) is 0.150. The van der Waals surface area contributed by atoms with Crippen LogP contribution in [0.3, 0.4) is 0 Å². The maximum absolute atomic E-state index is 13.4. The molecule has 0 spiro atoms. The van der Waals surface area contributed by atoms with Crippen molar-refractivity contribution in [3.63, 3.8) is 0 Å². The van der Waals surface area contributed by atoms with E-state index in [1.54, 1.807) is 30.3 Å². The quantitative estimate of drug-likeness (QED) is 0.394. The number of amides is 2. The SMILES string of the molecule is CN1C(=O)C(=Cc2cc(Br)ccc2OCc2cccc(F)c2)C(=O)N(C)C1=S. The van der Waals surface area contributed by atoms with E-state index in [2.05, 4.69) is 15.9 Å². The summed E-state index contributed by atoms with van der Waals surface area (Å²) in [4.78, 5) is 27.6. The number of ether oxygens (including phenoxy) is 1. The number of halogens is 2. The van der Waals surface area contributed by atoms with Gasteiger partial charge in [0.15, 0.2) is 5.11 Å². The Morgan fingerprint density at radius 1 is 1.11 bits per heavy atom. The first-order valence-electron chi connectivity index (χ1n) is 8.26. The lowest BCUT2D eigenvalue weighted by atomic mass is 10.1. The molecule has 2 amide bonds. The summed E-state index contributed by atoms with van der Waals surface area (Å²) in [6, 6.07) is 11.3. The maximum Gasteiger partial charge on any atom is 0.265 e. The van der Waals surface area contributed by atoms with Crippen LogP contribution in [0.1, 0.15) is 11.1 Å². The summed E-state index contributed by atoms with van der Waals surface area (Å²) in [6.07, 6.45) is 1.48. The number of likely N-dealkylation sites (N-methyl/N-ethyl adjacent to an activating group) is 2. The van der Waals surface area contributed by atoms with Gasteiger partial charge in [-0.2, -0.15) is 0 Å². The van der Waals surface area contributed by atoms with Gasteiger partial charge in [-0.25, -0.2) is 4.39 Å². The van der Waals surface area contributed by atoms with Gasteiger partial charge in [0.1, 0.15) is 23.7 Å². The smallest absolute Gasteiger partial charge is 0.265 e. The van der Waals surface area contributed by atoms with Crippen molar-refractivity contribution in [2.45, 2.75) is 6.61 Å². The third-order valence-electron chi connectivity index (χ3n) is 4.20. The van der Waals surface area contributed by atoms with Gasteiger partial charge in [0.2, 0.25) is 0 Å². The first-order valence-corrected chi connectivity index (χ1v) is 9.46. The molecule has 1 aliphatic rings. The molecule has 0 radical (unpaired) electrons. The summed E-state index contributed by atoms with van der Waals surface area (Å²) in [6.45, 7) is 0.140. The van der Waals surface area contributed by atoms with Crippen molar-refractivity contribution in [1.82, 2.24) is 9.80 Å². The highest BCUT2D eigenvalue weighted by Crippen LogP contribution is 2.28. The van der Waals surface area contributed by atoms with Gasteiger partial charge < -0.3 is 4.74 Å². The number of nitrogens with zero attached hydrogens (tertiary/aromatic N) is 2. The summed E-state index contributed by atoms with van der Waals surface area (Å²) >= 11 is 8.48. The minimum Gasteiger partial charge on any atom is -0.488 e. The maximum atomic E-state index is 13.4. The molecule has 1 saturated heterocycles. The second kappa shape index (κ2) is 8.20. The molecule has 28 heavy (non-hydrogen) atoms. The zero-order chi connectivity index (χ0) is 20.4. The molecule has 0 aromatic heterocycles. The zero-order valence-electron chi connectivity index (χ0n) is 15.1. The minimum atomic E-state index is -0.482. The van der Waals surface area contributed by atoms with Gasteiger partial charge in [-0.15, -0.1) is 0 Å². The third-order valence-corrected chi connectivity index (χ3v) is 5.24. The van der Waals surface area contributed by atoms with Crippen LogP contribution in [0.4, 0.5) is 4.39 Å². The van der Waals surface area contributed by atoms with Gasteiger partial charge in [-0.3, -0.25) is 19.4 Å². The van der Waals surface area contributed by atoms with E-state index in [0.717, 1.165) is 4.47 Å². The highest BCUT2D eigenvalue weighted by Gasteiger charge is 2.35. The molecule has 1 fully saturated rings. The molecule has 0 unspecified atom stereocenters. The highest BCUT2D eigenvalue weighted by atomic mass is 79.9. The first kappa shape index (κ1) is 20.2. The van der Waals surface area contributed by atoms with Crippen molar-refractivity contribution in [3.8, 4) is 5.75 Å². The van der Waals surface area contributed by atoms with Crippen molar-refractivity contribution in [2.24, 2.45) is 0 Å². The lowest BCUT2D eigenvalue weighted by molar-refractivity contribution is -0.132. The topological polar surface area (TPSA) is 49.9 Å². The van der Waals surface area contributed by atoms with Gasteiger partial charge in [0.25, 0.3) is 11.8 Å². The van der Waals surface area contributed by atoms with Gasteiger partial charge in [-0.1, -0.05) is 28.1 Å². The predicted molar refractivity (Wildman–Crippen MR) is 111 cm³/mol. The standard InChI is InChI=1S/C20H16BrFN2O3S/c1-23-18(25)16(19(26)24(2)20(23)28)10-13-9-14(21)6-7-17(13)27-11-12-4-3-5-15(22)8-12/h3-10H,11H2,1-2H3. The Kier molecular flexibility index (Phi) is 5.90. The number of carbonyl (C=O) groups excluding carboxylic acids is 2. The van der Waals surface area contributed by atoms with Crippen LogP contribution in [0.5, 0.6) is 5.75 Å². The third kappa shape index (κ3) is 4.13. The number of thiocarbonyl (C=S) groups is 1. The van der Waals surface area contributed by atoms with E-state index < -0.39 is 11.8 Å². The number of hydrogen-bond donors (Lipinski definition) is 0. The molecule has 1 heterocycles. The second-order valence-electron chi connectivity index (χ2n) is 6.17. The van der Waals surface area contributed by atoms with Crippen LogP contribution in [-0.2, 0) is 16.2 Å². The Bertz CT molecular complexity index is 983. The fourth-order valence-electron chi connectivity index (χ4n) is 2.68. The van der Waals surface area contributed by atoms with Crippen LogP contribution in [0.15, 0.2) is 52.5 Å². The van der Waals surface area contributed by atoms with E-state index in [1.165, 1.54) is 42.1 Å². The number of carbonyl (C=O) groups is 2. The van der Waals surface area contributed by atoms with E-state index in [4.69, 9.17) is 17.0 Å². The Morgan fingerprint density at radius 3 is 2.43 bits per heavy atom. The highest BCUT2D eigenvalue weighted by molar-refractivity contribution is 9.10. The Balaban J connectivity index is 1.94. The van der Waals surface area contributed by atoms with Crippen molar-refractivity contribution in [1.29, 1.82) is 0 Å². The lowest BCUT2D eigenvalue weighted by Crippen LogP contribution is -2.52. The number of rotatable bonds is 4. The molecular formula is C20H16BrFN2O3S. The van der Waals surface area contributed by atoms with Crippen LogP contribution < -0.4 is 4.74 Å². The Labute approximate surface area is 175 Å². The monoisotopic (exact) mass is 462 g/mol. The zero-order valence-corrected chi connectivity index (χ0v) is 17.5. The average molecular weight is 463 g/mol. The van der Waals surface area contributed by atoms with Crippen LogP contribution in [0.2, 0.25) is 0 Å². The van der Waals surface area contributed by atoms with Crippen molar-refractivity contribution in [2.75, 3.05) is 14.1 Å².